The molecular weight excluding hydrogens is 208 g/mol. The topological polar surface area (TPSA) is 74.6 Å². The lowest BCUT2D eigenvalue weighted by Gasteiger charge is -2.38. The van der Waals surface area contributed by atoms with Gasteiger partial charge >= 0.3 is 0 Å². The third kappa shape index (κ3) is 3.39. The second-order valence-corrected chi connectivity index (χ2v) is 3.88. The van der Waals surface area contributed by atoms with Crippen LogP contribution in [0.4, 0.5) is 0 Å². The first-order valence-corrected chi connectivity index (χ1v) is 5.70. The third-order valence-electron chi connectivity index (χ3n) is 2.93. The summed E-state index contributed by atoms with van der Waals surface area (Å²) in [6, 6.07) is 0. The summed E-state index contributed by atoms with van der Waals surface area (Å²) < 4.78 is 0. The van der Waals surface area contributed by atoms with E-state index in [9.17, 15) is 14.7 Å². The van der Waals surface area contributed by atoms with Crippen LogP contribution in [0.25, 0.3) is 0 Å². The van der Waals surface area contributed by atoms with E-state index in [0.29, 0.717) is 25.4 Å². The molecule has 0 unspecified atom stereocenters. The van der Waals surface area contributed by atoms with E-state index in [-0.39, 0.29) is 0 Å². The molecule has 0 aliphatic carbocycles. The van der Waals surface area contributed by atoms with Crippen LogP contribution >= 0.6 is 0 Å². The summed E-state index contributed by atoms with van der Waals surface area (Å²) in [5.41, 5.74) is -2.35. The van der Waals surface area contributed by atoms with Crippen molar-refractivity contribution >= 4 is 12.6 Å². The van der Waals surface area contributed by atoms with Gasteiger partial charge in [-0.25, -0.2) is 0 Å². The van der Waals surface area contributed by atoms with Crippen LogP contribution in [0.3, 0.4) is 0 Å². The number of rotatable bonds is 7. The molecule has 0 aromatic heterocycles. The van der Waals surface area contributed by atoms with Crippen LogP contribution in [0.2, 0.25) is 0 Å². The smallest absolute Gasteiger partial charge is 0.129 e. The zero-order chi connectivity index (χ0) is 13.2. The van der Waals surface area contributed by atoms with E-state index in [1.807, 2.05) is 20.8 Å². The van der Waals surface area contributed by atoms with Gasteiger partial charge in [0.25, 0.3) is 0 Å². The lowest BCUT2D eigenvalue weighted by atomic mass is 9.64. The largest absolute Gasteiger partial charge is 0.395 e. The predicted octanol–water partition coefficient (Wildman–Crippen LogP) is 1.19. The Morgan fingerprint density at radius 1 is 1.06 bits per heavy atom. The van der Waals surface area contributed by atoms with Crippen molar-refractivity contribution in [3.8, 4) is 0 Å². The lowest BCUT2D eigenvalue weighted by Crippen LogP contribution is -2.48. The van der Waals surface area contributed by atoms with Crippen LogP contribution in [0.15, 0.2) is 0 Å². The molecule has 4 nitrogen and oxygen atoms in total. The van der Waals surface area contributed by atoms with Gasteiger partial charge in [-0.05, 0) is 13.3 Å². The molecule has 0 aliphatic rings. The zero-order valence-electron chi connectivity index (χ0n) is 10.7. The Bertz CT molecular complexity index is 205. The predicted molar refractivity (Wildman–Crippen MR) is 63.1 cm³/mol. The van der Waals surface area contributed by atoms with Crippen LogP contribution in [-0.4, -0.2) is 36.0 Å². The van der Waals surface area contributed by atoms with Gasteiger partial charge in [0, 0.05) is 0 Å². The van der Waals surface area contributed by atoms with Crippen molar-refractivity contribution in [2.45, 2.75) is 40.5 Å². The molecule has 4 heteroatoms. The van der Waals surface area contributed by atoms with Crippen molar-refractivity contribution in [1.82, 2.24) is 0 Å². The fraction of sp³-hybridized carbons (Fsp3) is 0.833. The van der Waals surface area contributed by atoms with E-state index >= 15 is 0 Å². The molecule has 2 atom stereocenters. The fourth-order valence-electron chi connectivity index (χ4n) is 1.53. The fourth-order valence-corrected chi connectivity index (χ4v) is 1.53. The highest BCUT2D eigenvalue weighted by Crippen LogP contribution is 2.39. The van der Waals surface area contributed by atoms with E-state index in [2.05, 4.69) is 0 Å². The zero-order valence-corrected chi connectivity index (χ0v) is 10.7. The van der Waals surface area contributed by atoms with Gasteiger partial charge in [0.05, 0.1) is 24.0 Å². The third-order valence-corrected chi connectivity index (χ3v) is 2.93. The first kappa shape index (κ1) is 17.6. The van der Waals surface area contributed by atoms with Gasteiger partial charge in [-0.1, -0.05) is 27.2 Å². The Hall–Kier alpha value is -0.740. The molecule has 0 aromatic rings. The molecule has 0 spiro atoms. The number of hydrogen-bond donors (Lipinski definition) is 2. The number of aldehydes is 2. The van der Waals surface area contributed by atoms with Crippen LogP contribution in [-0.2, 0) is 9.59 Å². The van der Waals surface area contributed by atoms with E-state index < -0.39 is 24.0 Å². The quantitative estimate of drug-likeness (QED) is 0.646. The minimum Gasteiger partial charge on any atom is -0.395 e. The van der Waals surface area contributed by atoms with Gasteiger partial charge in [0.15, 0.2) is 0 Å². The van der Waals surface area contributed by atoms with Crippen LogP contribution in [0.1, 0.15) is 40.5 Å². The molecule has 16 heavy (non-hydrogen) atoms. The van der Waals surface area contributed by atoms with Crippen molar-refractivity contribution in [1.29, 1.82) is 0 Å². The summed E-state index contributed by atoms with van der Waals surface area (Å²) in [5, 5.41) is 18.3. The average Bonchev–Trinajstić information content (AvgIpc) is 2.37. The number of aliphatic hydroxyl groups excluding tert-OH is 2. The van der Waals surface area contributed by atoms with Gasteiger partial charge in [-0.3, -0.25) is 0 Å². The van der Waals surface area contributed by atoms with E-state index in [1.54, 1.807) is 0 Å². The molecular formula is C12H24O4. The highest BCUT2D eigenvalue weighted by atomic mass is 16.3. The van der Waals surface area contributed by atoms with Gasteiger partial charge in [-0.15, -0.1) is 0 Å². The summed E-state index contributed by atoms with van der Waals surface area (Å²) in [6.45, 7) is 6.49. The normalized spacial score (nSPS) is 17.4. The van der Waals surface area contributed by atoms with E-state index in [1.165, 1.54) is 6.92 Å². The second kappa shape index (κ2) is 8.42. The maximum absolute atomic E-state index is 11.0. The summed E-state index contributed by atoms with van der Waals surface area (Å²) in [5.74, 6) is 0. The van der Waals surface area contributed by atoms with Crippen LogP contribution in [0, 0.1) is 10.8 Å². The molecule has 0 bridgehead atoms. The molecule has 0 saturated heterocycles. The Labute approximate surface area is 97.7 Å². The summed E-state index contributed by atoms with van der Waals surface area (Å²) in [6.07, 6.45) is 2.19. The number of aliphatic hydroxyl groups is 2. The molecule has 96 valence electrons. The second-order valence-electron chi connectivity index (χ2n) is 3.88. The summed E-state index contributed by atoms with van der Waals surface area (Å²) in [7, 11) is 0. The molecule has 0 fully saturated rings. The minimum atomic E-state index is -1.19. The number of carbonyl (C=O) groups is 2. The Kier molecular flexibility index (Phi) is 9.28. The molecule has 0 saturated carbocycles. The molecule has 0 radical (unpaired) electrons. The lowest BCUT2D eigenvalue weighted by molar-refractivity contribution is -0.142. The maximum atomic E-state index is 11.0. The number of hydrogen-bond acceptors (Lipinski definition) is 4. The monoisotopic (exact) mass is 232 g/mol. The molecule has 0 amide bonds. The van der Waals surface area contributed by atoms with Gasteiger partial charge in [-0.2, -0.15) is 0 Å². The Morgan fingerprint density at radius 2 is 1.56 bits per heavy atom. The van der Waals surface area contributed by atoms with Gasteiger partial charge in [0.1, 0.15) is 12.6 Å². The van der Waals surface area contributed by atoms with Crippen molar-refractivity contribution in [2.24, 2.45) is 10.8 Å². The molecule has 0 aliphatic heterocycles. The van der Waals surface area contributed by atoms with E-state index in [0.717, 1.165) is 0 Å². The number of carbonyl (C=O) groups excluding carboxylic acids is 2. The van der Waals surface area contributed by atoms with Crippen molar-refractivity contribution in [3.63, 3.8) is 0 Å². The van der Waals surface area contributed by atoms with Crippen molar-refractivity contribution in [3.05, 3.63) is 0 Å². The molecule has 2 N–H and O–H groups in total. The highest BCUT2D eigenvalue weighted by molar-refractivity contribution is 5.73. The standard InChI is InChI=1S/C10H18O4.C2H6/c1-3-4-10(7-13,8-14)9(2,5-11)6-12;1-2/h5,7,12,14H,3-4,6,8H2,1-2H3;1-2H3/t9-,10-;/m1./s1. The minimum absolute atomic E-state index is 0.392. The first-order valence-electron chi connectivity index (χ1n) is 5.70. The van der Waals surface area contributed by atoms with Crippen molar-refractivity contribution in [2.75, 3.05) is 13.2 Å². The summed E-state index contributed by atoms with van der Waals surface area (Å²) >= 11 is 0. The Balaban J connectivity index is 0. The van der Waals surface area contributed by atoms with Crippen LogP contribution < -0.4 is 0 Å². The highest BCUT2D eigenvalue weighted by Gasteiger charge is 2.47. The Morgan fingerprint density at radius 3 is 1.75 bits per heavy atom. The van der Waals surface area contributed by atoms with Gasteiger partial charge in [0.2, 0.25) is 0 Å². The average molecular weight is 232 g/mol. The molecule has 0 heterocycles. The first-order chi connectivity index (χ1) is 7.55. The van der Waals surface area contributed by atoms with E-state index in [4.69, 9.17) is 5.11 Å². The van der Waals surface area contributed by atoms with Crippen LogP contribution in [0.5, 0.6) is 0 Å². The SMILES string of the molecule is CC.CCC[C@@](C=O)(CO)[C@](C)(C=O)CO. The maximum Gasteiger partial charge on any atom is 0.129 e. The molecule has 0 rings (SSSR count). The van der Waals surface area contributed by atoms with Gasteiger partial charge < -0.3 is 19.8 Å². The van der Waals surface area contributed by atoms with Crippen molar-refractivity contribution < 1.29 is 19.8 Å². The summed E-state index contributed by atoms with van der Waals surface area (Å²) in [4.78, 5) is 21.8. The molecule has 0 aromatic carbocycles.